The molecule has 0 aliphatic heterocycles. The summed E-state index contributed by atoms with van der Waals surface area (Å²) in [5.41, 5.74) is 2.64. The van der Waals surface area contributed by atoms with Crippen LogP contribution < -0.4 is 0 Å². The SMILES string of the molecule is C=C(Cn1c(C)cc2c(CF)c(C#N)ccc21)C(=O)OC. The molecule has 21 heavy (non-hydrogen) atoms. The Hall–Kier alpha value is -2.61. The van der Waals surface area contributed by atoms with Crippen molar-refractivity contribution in [1.29, 1.82) is 5.26 Å². The van der Waals surface area contributed by atoms with E-state index in [9.17, 15) is 9.18 Å². The topological polar surface area (TPSA) is 55.0 Å². The number of fused-ring (bicyclic) bond motifs is 1. The Morgan fingerprint density at radius 2 is 2.24 bits per heavy atom. The van der Waals surface area contributed by atoms with Gasteiger partial charge in [0.05, 0.1) is 25.3 Å². The number of hydrogen-bond acceptors (Lipinski definition) is 3. The van der Waals surface area contributed by atoms with Gasteiger partial charge in [-0.3, -0.25) is 0 Å². The highest BCUT2D eigenvalue weighted by atomic mass is 19.1. The number of alkyl halides is 1. The number of ether oxygens (including phenoxy) is 1. The number of halogens is 1. The fourth-order valence-corrected chi connectivity index (χ4v) is 2.38. The fraction of sp³-hybridized carbons (Fsp3) is 0.250. The Kier molecular flexibility index (Phi) is 4.08. The zero-order valence-corrected chi connectivity index (χ0v) is 11.9. The number of carbonyl (C=O) groups excluding carboxylic acids is 1. The highest BCUT2D eigenvalue weighted by Gasteiger charge is 2.15. The molecule has 0 aliphatic carbocycles. The van der Waals surface area contributed by atoms with Gasteiger partial charge in [-0.15, -0.1) is 0 Å². The van der Waals surface area contributed by atoms with Crippen LogP contribution >= 0.6 is 0 Å². The molecule has 0 saturated heterocycles. The van der Waals surface area contributed by atoms with E-state index in [0.717, 1.165) is 11.2 Å². The summed E-state index contributed by atoms with van der Waals surface area (Å²) >= 11 is 0. The van der Waals surface area contributed by atoms with Gasteiger partial charge in [-0.05, 0) is 25.1 Å². The smallest absolute Gasteiger partial charge is 0.334 e. The lowest BCUT2D eigenvalue weighted by molar-refractivity contribution is -0.136. The van der Waals surface area contributed by atoms with Crippen molar-refractivity contribution in [3.63, 3.8) is 0 Å². The number of methoxy groups -OCH3 is 1. The molecule has 0 saturated carbocycles. The third-order valence-corrected chi connectivity index (χ3v) is 3.48. The van der Waals surface area contributed by atoms with Crippen molar-refractivity contribution in [2.75, 3.05) is 7.11 Å². The standard InChI is InChI=1S/C16H15FN2O2/c1-10(16(20)21-3)9-19-11(2)6-13-14(7-17)12(8-18)4-5-15(13)19/h4-6H,1,7,9H2,2-3H3. The molecule has 4 nitrogen and oxygen atoms in total. The van der Waals surface area contributed by atoms with E-state index in [1.807, 2.05) is 23.6 Å². The lowest BCUT2D eigenvalue weighted by atomic mass is 10.0. The largest absolute Gasteiger partial charge is 0.466 e. The van der Waals surface area contributed by atoms with E-state index in [2.05, 4.69) is 11.3 Å². The number of aromatic nitrogens is 1. The number of benzene rings is 1. The van der Waals surface area contributed by atoms with Crippen LogP contribution in [0.2, 0.25) is 0 Å². The highest BCUT2D eigenvalue weighted by molar-refractivity contribution is 5.89. The zero-order chi connectivity index (χ0) is 15.6. The van der Waals surface area contributed by atoms with Gasteiger partial charge in [-0.1, -0.05) is 6.58 Å². The van der Waals surface area contributed by atoms with Crippen LogP contribution in [0.4, 0.5) is 4.39 Å². The number of rotatable bonds is 4. The molecule has 0 N–H and O–H groups in total. The minimum atomic E-state index is -0.707. The first-order valence-electron chi connectivity index (χ1n) is 6.37. The van der Waals surface area contributed by atoms with Gasteiger partial charge in [-0.2, -0.15) is 5.26 Å². The molecule has 0 amide bonds. The maximum atomic E-state index is 13.2. The van der Waals surface area contributed by atoms with Crippen molar-refractivity contribution in [1.82, 2.24) is 4.57 Å². The lowest BCUT2D eigenvalue weighted by Crippen LogP contribution is -2.11. The lowest BCUT2D eigenvalue weighted by Gasteiger charge is -2.10. The van der Waals surface area contributed by atoms with Crippen LogP contribution in [0.1, 0.15) is 16.8 Å². The predicted molar refractivity (Wildman–Crippen MR) is 77.4 cm³/mol. The van der Waals surface area contributed by atoms with Gasteiger partial charge < -0.3 is 9.30 Å². The number of carbonyl (C=O) groups is 1. The summed E-state index contributed by atoms with van der Waals surface area (Å²) in [4.78, 5) is 11.5. The first kappa shape index (κ1) is 14.8. The second kappa shape index (κ2) is 5.80. The Balaban J connectivity index is 2.57. The molecule has 1 aromatic heterocycles. The van der Waals surface area contributed by atoms with Crippen molar-refractivity contribution in [3.05, 3.63) is 47.2 Å². The molecule has 0 spiro atoms. The highest BCUT2D eigenvalue weighted by Crippen LogP contribution is 2.27. The summed E-state index contributed by atoms with van der Waals surface area (Å²) in [6.45, 7) is 5.12. The van der Waals surface area contributed by atoms with Crippen LogP contribution in [0.3, 0.4) is 0 Å². The van der Waals surface area contributed by atoms with Crippen LogP contribution in [0.5, 0.6) is 0 Å². The van der Waals surface area contributed by atoms with E-state index >= 15 is 0 Å². The predicted octanol–water partition coefficient (Wildman–Crippen LogP) is 3.02. The molecule has 0 fully saturated rings. The number of nitrogens with zero attached hydrogens (tertiary/aromatic N) is 2. The average molecular weight is 286 g/mol. The molecule has 2 rings (SSSR count). The van der Waals surface area contributed by atoms with Crippen molar-refractivity contribution >= 4 is 16.9 Å². The van der Waals surface area contributed by atoms with E-state index in [0.29, 0.717) is 22.1 Å². The summed E-state index contributed by atoms with van der Waals surface area (Å²) in [5, 5.41) is 9.72. The van der Waals surface area contributed by atoms with Gasteiger partial charge in [0.1, 0.15) is 6.67 Å². The number of nitriles is 1. The van der Waals surface area contributed by atoms with Gasteiger partial charge in [0.25, 0.3) is 0 Å². The van der Waals surface area contributed by atoms with E-state index in [4.69, 9.17) is 5.26 Å². The van der Waals surface area contributed by atoms with E-state index in [-0.39, 0.29) is 6.54 Å². The second-order valence-electron chi connectivity index (χ2n) is 4.74. The second-order valence-corrected chi connectivity index (χ2v) is 4.74. The molecule has 0 aliphatic rings. The van der Waals surface area contributed by atoms with E-state index < -0.39 is 12.6 Å². The molecule has 108 valence electrons. The third kappa shape index (κ3) is 2.52. The zero-order valence-electron chi connectivity index (χ0n) is 11.9. The van der Waals surface area contributed by atoms with Gasteiger partial charge in [0.15, 0.2) is 0 Å². The minimum Gasteiger partial charge on any atom is -0.466 e. The number of aryl methyl sites for hydroxylation is 1. The van der Waals surface area contributed by atoms with E-state index in [1.165, 1.54) is 7.11 Å². The summed E-state index contributed by atoms with van der Waals surface area (Å²) < 4.78 is 19.7. The minimum absolute atomic E-state index is 0.264. The van der Waals surface area contributed by atoms with Crippen LogP contribution in [0.15, 0.2) is 30.4 Å². The molecule has 1 heterocycles. The molecular weight excluding hydrogens is 271 g/mol. The van der Waals surface area contributed by atoms with Crippen LogP contribution in [0.25, 0.3) is 10.9 Å². The molecule has 2 aromatic rings. The molecule has 5 heteroatoms. The summed E-state index contributed by atoms with van der Waals surface area (Å²) in [5.74, 6) is -0.476. The number of hydrogen-bond donors (Lipinski definition) is 0. The van der Waals surface area contributed by atoms with Crippen LogP contribution in [-0.2, 0) is 22.8 Å². The quantitative estimate of drug-likeness (QED) is 0.641. The molecule has 0 radical (unpaired) electrons. The van der Waals surface area contributed by atoms with Gasteiger partial charge in [-0.25, -0.2) is 9.18 Å². The first-order valence-corrected chi connectivity index (χ1v) is 6.37. The third-order valence-electron chi connectivity index (χ3n) is 3.48. The monoisotopic (exact) mass is 286 g/mol. The van der Waals surface area contributed by atoms with Gasteiger partial charge in [0.2, 0.25) is 0 Å². The summed E-state index contributed by atoms with van der Waals surface area (Å²) in [6, 6.07) is 7.16. The fourth-order valence-electron chi connectivity index (χ4n) is 2.38. The molecule has 0 atom stereocenters. The molecule has 0 unspecified atom stereocenters. The summed E-state index contributed by atoms with van der Waals surface area (Å²) in [6.07, 6.45) is 0. The van der Waals surface area contributed by atoms with Gasteiger partial charge in [0, 0.05) is 27.7 Å². The van der Waals surface area contributed by atoms with Crippen LogP contribution in [0, 0.1) is 18.3 Å². The first-order chi connectivity index (χ1) is 10.0. The molecule has 0 bridgehead atoms. The van der Waals surface area contributed by atoms with Crippen LogP contribution in [-0.4, -0.2) is 17.6 Å². The number of esters is 1. The maximum absolute atomic E-state index is 13.2. The average Bonchev–Trinajstić information content (AvgIpc) is 2.81. The Labute approximate surface area is 122 Å². The Morgan fingerprint density at radius 1 is 1.52 bits per heavy atom. The van der Waals surface area contributed by atoms with Crippen molar-refractivity contribution in [3.8, 4) is 6.07 Å². The Morgan fingerprint density at radius 3 is 2.81 bits per heavy atom. The maximum Gasteiger partial charge on any atom is 0.334 e. The van der Waals surface area contributed by atoms with Crippen molar-refractivity contribution < 1.29 is 13.9 Å². The van der Waals surface area contributed by atoms with E-state index in [1.54, 1.807) is 12.1 Å². The van der Waals surface area contributed by atoms with Crippen molar-refractivity contribution in [2.45, 2.75) is 20.1 Å². The molecular formula is C16H15FN2O2. The van der Waals surface area contributed by atoms with Gasteiger partial charge >= 0.3 is 5.97 Å². The van der Waals surface area contributed by atoms with Crippen molar-refractivity contribution in [2.24, 2.45) is 0 Å². The normalized spacial score (nSPS) is 10.4. The summed E-state index contributed by atoms with van der Waals surface area (Å²) in [7, 11) is 1.30. The Bertz CT molecular complexity index is 769. The molecule has 1 aromatic carbocycles.